The molecule has 6 nitrogen and oxygen atoms in total. The number of carbonyl (C=O) groups excluding carboxylic acids is 2. The van der Waals surface area contributed by atoms with E-state index in [0.29, 0.717) is 19.6 Å². The number of amides is 2. The summed E-state index contributed by atoms with van der Waals surface area (Å²) in [6.45, 7) is 3.77. The van der Waals surface area contributed by atoms with Crippen molar-refractivity contribution in [3.8, 4) is 0 Å². The van der Waals surface area contributed by atoms with Crippen molar-refractivity contribution in [2.24, 2.45) is 7.05 Å². The number of rotatable bonds is 2. The third-order valence-electron chi connectivity index (χ3n) is 4.17. The van der Waals surface area contributed by atoms with Gasteiger partial charge in [0.25, 0.3) is 0 Å². The molecular weight excluding hydrogens is 268 g/mol. The highest BCUT2D eigenvalue weighted by Gasteiger charge is 2.26. The number of carbonyl (C=O) groups is 2. The molecule has 0 N–H and O–H groups in total. The molecule has 116 valence electrons. The first-order valence-electron chi connectivity index (χ1n) is 7.52. The van der Waals surface area contributed by atoms with E-state index >= 15 is 0 Å². The van der Waals surface area contributed by atoms with E-state index in [1.165, 1.54) is 4.90 Å². The van der Waals surface area contributed by atoms with Crippen LogP contribution in [0.15, 0.2) is 6.20 Å². The van der Waals surface area contributed by atoms with Gasteiger partial charge in [-0.1, -0.05) is 12.8 Å². The molecule has 21 heavy (non-hydrogen) atoms. The summed E-state index contributed by atoms with van der Waals surface area (Å²) in [6, 6.07) is 0. The van der Waals surface area contributed by atoms with Crippen LogP contribution in [0.3, 0.4) is 0 Å². The monoisotopic (exact) mass is 292 g/mol. The van der Waals surface area contributed by atoms with Crippen LogP contribution in [-0.2, 0) is 23.2 Å². The molecule has 2 amide bonds. The Morgan fingerprint density at radius 1 is 1.24 bits per heavy atom. The van der Waals surface area contributed by atoms with Crippen molar-refractivity contribution in [3.63, 3.8) is 0 Å². The first-order chi connectivity index (χ1) is 10.0. The molecule has 0 bridgehead atoms. The second kappa shape index (κ2) is 6.74. The lowest BCUT2D eigenvalue weighted by Gasteiger charge is -2.23. The van der Waals surface area contributed by atoms with Gasteiger partial charge in [-0.3, -0.25) is 14.3 Å². The number of hydrogen-bond donors (Lipinski definition) is 0. The van der Waals surface area contributed by atoms with E-state index in [0.717, 1.165) is 36.9 Å². The average Bonchev–Trinajstić information content (AvgIpc) is 2.72. The first-order valence-corrected chi connectivity index (χ1v) is 7.52. The van der Waals surface area contributed by atoms with E-state index in [9.17, 15) is 9.59 Å². The fraction of sp³-hybridized carbons (Fsp3) is 0.667. The van der Waals surface area contributed by atoms with E-state index in [1.807, 2.05) is 14.0 Å². The lowest BCUT2D eigenvalue weighted by atomic mass is 10.2. The molecular formula is C15H24N4O2. The normalized spacial score (nSPS) is 15.7. The van der Waals surface area contributed by atoms with E-state index in [1.54, 1.807) is 22.8 Å². The average molecular weight is 292 g/mol. The quantitative estimate of drug-likeness (QED) is 0.767. The Balaban J connectivity index is 1.97. The second-order valence-electron chi connectivity index (χ2n) is 5.75. The number of aryl methyl sites for hydroxylation is 1. The highest BCUT2D eigenvalue weighted by molar-refractivity contribution is 6.34. The van der Waals surface area contributed by atoms with E-state index in [4.69, 9.17) is 0 Å². The second-order valence-corrected chi connectivity index (χ2v) is 5.75. The summed E-state index contributed by atoms with van der Waals surface area (Å²) < 4.78 is 1.77. The maximum atomic E-state index is 12.3. The molecule has 0 saturated carbocycles. The number of aromatic nitrogens is 2. The predicted octanol–water partition coefficient (Wildman–Crippen LogP) is 1.09. The highest BCUT2D eigenvalue weighted by atomic mass is 16.2. The van der Waals surface area contributed by atoms with Gasteiger partial charge in [0.1, 0.15) is 0 Å². The molecule has 0 aromatic carbocycles. The predicted molar refractivity (Wildman–Crippen MR) is 79.5 cm³/mol. The summed E-state index contributed by atoms with van der Waals surface area (Å²) in [4.78, 5) is 27.8. The van der Waals surface area contributed by atoms with Crippen LogP contribution in [0, 0.1) is 6.92 Å². The van der Waals surface area contributed by atoms with Crippen LogP contribution < -0.4 is 0 Å². The van der Waals surface area contributed by atoms with Crippen LogP contribution in [0.1, 0.15) is 36.9 Å². The van der Waals surface area contributed by atoms with Gasteiger partial charge in [-0.15, -0.1) is 0 Å². The van der Waals surface area contributed by atoms with Crippen molar-refractivity contribution in [2.45, 2.75) is 39.2 Å². The molecule has 0 spiro atoms. The summed E-state index contributed by atoms with van der Waals surface area (Å²) in [5.41, 5.74) is 1.98. The summed E-state index contributed by atoms with van der Waals surface area (Å²) in [7, 11) is 3.54. The van der Waals surface area contributed by atoms with Crippen LogP contribution in [0.4, 0.5) is 0 Å². The molecule has 1 aromatic rings. The van der Waals surface area contributed by atoms with Crippen molar-refractivity contribution >= 4 is 11.8 Å². The number of likely N-dealkylation sites (N-methyl/N-ethyl adjacent to an activating group) is 1. The van der Waals surface area contributed by atoms with Crippen molar-refractivity contribution in [1.82, 2.24) is 19.6 Å². The summed E-state index contributed by atoms with van der Waals surface area (Å²) >= 11 is 0. The molecule has 2 rings (SSSR count). The minimum absolute atomic E-state index is 0.374. The van der Waals surface area contributed by atoms with Gasteiger partial charge in [0.05, 0.1) is 6.20 Å². The molecule has 1 fully saturated rings. The molecule has 1 aliphatic rings. The van der Waals surface area contributed by atoms with Crippen LogP contribution >= 0.6 is 0 Å². The van der Waals surface area contributed by atoms with Crippen molar-refractivity contribution in [1.29, 1.82) is 0 Å². The Labute approximate surface area is 125 Å². The summed E-state index contributed by atoms with van der Waals surface area (Å²) in [5.74, 6) is -0.805. The summed E-state index contributed by atoms with van der Waals surface area (Å²) in [6.07, 6.45) is 6.01. The zero-order valence-corrected chi connectivity index (χ0v) is 13.1. The molecule has 0 unspecified atom stereocenters. The van der Waals surface area contributed by atoms with Crippen LogP contribution in [-0.4, -0.2) is 51.5 Å². The van der Waals surface area contributed by atoms with Gasteiger partial charge in [-0.05, 0) is 19.8 Å². The largest absolute Gasteiger partial charge is 0.334 e. The molecule has 0 atom stereocenters. The minimum atomic E-state index is -0.430. The van der Waals surface area contributed by atoms with Crippen molar-refractivity contribution in [2.75, 3.05) is 20.1 Å². The van der Waals surface area contributed by atoms with Crippen molar-refractivity contribution < 1.29 is 9.59 Å². The van der Waals surface area contributed by atoms with Crippen LogP contribution in [0.2, 0.25) is 0 Å². The van der Waals surface area contributed by atoms with Gasteiger partial charge < -0.3 is 9.80 Å². The van der Waals surface area contributed by atoms with Crippen LogP contribution in [0.5, 0.6) is 0 Å². The Morgan fingerprint density at radius 3 is 2.38 bits per heavy atom. The van der Waals surface area contributed by atoms with Gasteiger partial charge in [-0.2, -0.15) is 5.10 Å². The molecule has 1 aliphatic heterocycles. The maximum Gasteiger partial charge on any atom is 0.312 e. The Morgan fingerprint density at radius 2 is 1.86 bits per heavy atom. The van der Waals surface area contributed by atoms with Gasteiger partial charge in [0.15, 0.2) is 0 Å². The third-order valence-corrected chi connectivity index (χ3v) is 4.17. The lowest BCUT2D eigenvalue weighted by Crippen LogP contribution is -2.44. The number of likely N-dealkylation sites (tertiary alicyclic amines) is 1. The molecule has 6 heteroatoms. The molecule has 1 saturated heterocycles. The molecule has 0 radical (unpaired) electrons. The van der Waals surface area contributed by atoms with Gasteiger partial charge in [0.2, 0.25) is 0 Å². The van der Waals surface area contributed by atoms with Gasteiger partial charge in [0, 0.05) is 45.0 Å². The third kappa shape index (κ3) is 3.62. The SMILES string of the molecule is Cc1c(CN(C)C(=O)C(=O)N2CCCCCC2)cnn1C. The Kier molecular flexibility index (Phi) is 4.98. The zero-order valence-electron chi connectivity index (χ0n) is 13.1. The summed E-state index contributed by atoms with van der Waals surface area (Å²) in [5, 5.41) is 4.16. The van der Waals surface area contributed by atoms with E-state index in [2.05, 4.69) is 5.10 Å². The fourth-order valence-electron chi connectivity index (χ4n) is 2.60. The zero-order chi connectivity index (χ0) is 15.4. The van der Waals surface area contributed by atoms with Gasteiger partial charge in [-0.25, -0.2) is 0 Å². The van der Waals surface area contributed by atoms with E-state index < -0.39 is 5.91 Å². The van der Waals surface area contributed by atoms with Crippen LogP contribution in [0.25, 0.3) is 0 Å². The fourth-order valence-corrected chi connectivity index (χ4v) is 2.60. The van der Waals surface area contributed by atoms with Gasteiger partial charge >= 0.3 is 11.8 Å². The molecule has 1 aromatic heterocycles. The number of hydrogen-bond acceptors (Lipinski definition) is 3. The highest BCUT2D eigenvalue weighted by Crippen LogP contribution is 2.12. The lowest BCUT2D eigenvalue weighted by molar-refractivity contribution is -0.151. The topological polar surface area (TPSA) is 58.4 Å². The Bertz CT molecular complexity index is 516. The molecule has 0 aliphatic carbocycles. The standard InChI is InChI=1S/C15H24N4O2/c1-12-13(10-16-18(12)3)11-17(2)14(20)15(21)19-8-6-4-5-7-9-19/h10H,4-9,11H2,1-3H3. The maximum absolute atomic E-state index is 12.3. The smallest absolute Gasteiger partial charge is 0.312 e. The van der Waals surface area contributed by atoms with E-state index in [-0.39, 0.29) is 5.91 Å². The van der Waals surface area contributed by atoms with Crippen molar-refractivity contribution in [3.05, 3.63) is 17.5 Å². The molecule has 2 heterocycles. The first kappa shape index (κ1) is 15.5. The minimum Gasteiger partial charge on any atom is -0.334 e. The Hall–Kier alpha value is -1.85. The number of nitrogens with zero attached hydrogens (tertiary/aromatic N) is 4.